The van der Waals surface area contributed by atoms with Crippen LogP contribution in [0.1, 0.15) is 72.6 Å². The number of fused-ring (bicyclic) bond motifs is 7. The zero-order chi connectivity index (χ0) is 23.5. The van der Waals surface area contributed by atoms with E-state index in [0.717, 1.165) is 45.1 Å². The van der Waals surface area contributed by atoms with Crippen LogP contribution in [0.5, 0.6) is 0 Å². The van der Waals surface area contributed by atoms with Crippen LogP contribution >= 0.6 is 0 Å². The first kappa shape index (κ1) is 23.2. The van der Waals surface area contributed by atoms with Crippen LogP contribution in [0.4, 0.5) is 0 Å². The Labute approximate surface area is 198 Å². The molecule has 0 amide bonds. The van der Waals surface area contributed by atoms with Crippen molar-refractivity contribution in [2.24, 2.45) is 52.3 Å². The molecule has 6 fully saturated rings. The minimum absolute atomic E-state index is 0.173. The summed E-state index contributed by atoms with van der Waals surface area (Å²) in [5.74, 6) is 2.14. The van der Waals surface area contributed by atoms with Crippen molar-refractivity contribution in [2.45, 2.75) is 109 Å². The van der Waals surface area contributed by atoms with Crippen molar-refractivity contribution >= 4 is 0 Å². The summed E-state index contributed by atoms with van der Waals surface area (Å²) in [4.78, 5) is 0. The van der Waals surface area contributed by atoms with Gasteiger partial charge in [0.05, 0.1) is 24.9 Å². The van der Waals surface area contributed by atoms with Crippen LogP contribution in [0.3, 0.4) is 0 Å². The summed E-state index contributed by atoms with van der Waals surface area (Å²) >= 11 is 0. The van der Waals surface area contributed by atoms with E-state index >= 15 is 0 Å². The molecule has 6 heteroatoms. The molecule has 15 atom stereocenters. The maximum absolute atomic E-state index is 11.2. The first-order chi connectivity index (χ1) is 15.5. The second-order valence-corrected chi connectivity index (χ2v) is 13.4. The number of ether oxygens (including phenoxy) is 2. The number of hydrogen-bond donors (Lipinski definition) is 4. The van der Waals surface area contributed by atoms with Gasteiger partial charge in [0, 0.05) is 17.8 Å². The Balaban J connectivity index is 1.29. The van der Waals surface area contributed by atoms with Crippen LogP contribution in [-0.2, 0) is 9.47 Å². The Bertz CT molecular complexity index is 781. The van der Waals surface area contributed by atoms with Crippen molar-refractivity contribution < 1.29 is 29.9 Å². The van der Waals surface area contributed by atoms with Crippen molar-refractivity contribution in [1.29, 1.82) is 0 Å². The molecule has 0 aromatic carbocycles. The normalized spacial score (nSPS) is 64.7. The van der Waals surface area contributed by atoms with Gasteiger partial charge in [-0.15, -0.1) is 0 Å². The van der Waals surface area contributed by atoms with E-state index in [4.69, 9.17) is 9.47 Å². The number of hydrogen-bond acceptors (Lipinski definition) is 6. The average Bonchev–Trinajstić information content (AvgIpc) is 3.23. The molecule has 4 N–H and O–H groups in total. The quantitative estimate of drug-likeness (QED) is 0.440. The third kappa shape index (κ3) is 2.83. The average molecular weight is 465 g/mol. The van der Waals surface area contributed by atoms with Gasteiger partial charge >= 0.3 is 0 Å². The van der Waals surface area contributed by atoms with Gasteiger partial charge in [-0.1, -0.05) is 27.7 Å². The van der Waals surface area contributed by atoms with E-state index in [-0.39, 0.29) is 23.4 Å². The third-order valence-corrected chi connectivity index (χ3v) is 12.2. The molecule has 2 heterocycles. The van der Waals surface area contributed by atoms with Crippen LogP contribution < -0.4 is 0 Å². The molecule has 1 spiro atoms. The minimum Gasteiger partial charge on any atom is -0.390 e. The van der Waals surface area contributed by atoms with E-state index in [1.165, 1.54) is 6.42 Å². The van der Waals surface area contributed by atoms with Crippen LogP contribution in [0, 0.1) is 52.3 Å². The summed E-state index contributed by atoms with van der Waals surface area (Å²) in [5.41, 5.74) is -0.378. The number of aliphatic hydroxyl groups is 4. The summed E-state index contributed by atoms with van der Waals surface area (Å²) in [5, 5.41) is 42.9. The zero-order valence-corrected chi connectivity index (χ0v) is 20.7. The maximum Gasteiger partial charge on any atom is 0.171 e. The van der Waals surface area contributed by atoms with Crippen molar-refractivity contribution in [3.63, 3.8) is 0 Å². The van der Waals surface area contributed by atoms with Crippen LogP contribution in [0.2, 0.25) is 0 Å². The highest BCUT2D eigenvalue weighted by molar-refractivity contribution is 5.18. The molecule has 0 radical (unpaired) electrons. The van der Waals surface area contributed by atoms with E-state index in [2.05, 4.69) is 27.7 Å². The SMILES string of the molecule is CC1CCC2(OC1)OC1CC3C4CCC5C(O)C(O)C(O)C(O)C5(C)C4CCC3(C)C1C2C. The number of rotatable bonds is 0. The Morgan fingerprint density at radius 3 is 2.24 bits per heavy atom. The van der Waals surface area contributed by atoms with E-state index in [9.17, 15) is 20.4 Å². The standard InChI is InChI=1S/C27H44O6/c1-13-7-10-27(32-12-13)14(2)20-19(33-27)11-18-15-5-6-17-21(28)22(29)23(30)24(31)26(17,4)16(15)8-9-25(18,20)3/h13-24,28-31H,5-12H2,1-4H3. The molecular formula is C27H44O6. The molecule has 6 aliphatic rings. The molecule has 0 aromatic rings. The molecule has 15 unspecified atom stereocenters. The van der Waals surface area contributed by atoms with Gasteiger partial charge in [-0.2, -0.15) is 0 Å². The van der Waals surface area contributed by atoms with E-state index in [0.29, 0.717) is 29.6 Å². The smallest absolute Gasteiger partial charge is 0.171 e. The predicted octanol–water partition coefficient (Wildman–Crippen LogP) is 2.71. The maximum atomic E-state index is 11.2. The van der Waals surface area contributed by atoms with Crippen molar-refractivity contribution in [3.8, 4) is 0 Å². The molecular weight excluding hydrogens is 420 g/mol. The Morgan fingerprint density at radius 2 is 1.55 bits per heavy atom. The monoisotopic (exact) mass is 464 g/mol. The molecule has 33 heavy (non-hydrogen) atoms. The van der Waals surface area contributed by atoms with Gasteiger partial charge < -0.3 is 29.9 Å². The Hall–Kier alpha value is -0.240. The fraction of sp³-hybridized carbons (Fsp3) is 1.00. The Morgan fingerprint density at radius 1 is 0.788 bits per heavy atom. The Kier molecular flexibility index (Phi) is 5.19. The first-order valence-electron chi connectivity index (χ1n) is 13.6. The van der Waals surface area contributed by atoms with Gasteiger partial charge in [0.1, 0.15) is 12.2 Å². The van der Waals surface area contributed by atoms with Crippen molar-refractivity contribution in [2.75, 3.05) is 6.61 Å². The molecule has 4 saturated carbocycles. The highest BCUT2D eigenvalue weighted by atomic mass is 16.7. The van der Waals surface area contributed by atoms with Crippen LogP contribution in [0.25, 0.3) is 0 Å². The van der Waals surface area contributed by atoms with E-state index in [1.807, 2.05) is 0 Å². The first-order valence-corrected chi connectivity index (χ1v) is 13.6. The molecule has 0 aromatic heterocycles. The van der Waals surface area contributed by atoms with Crippen molar-refractivity contribution in [1.82, 2.24) is 0 Å². The summed E-state index contributed by atoms with van der Waals surface area (Å²) in [6.45, 7) is 9.97. The molecule has 4 aliphatic carbocycles. The lowest BCUT2D eigenvalue weighted by Gasteiger charge is -2.64. The van der Waals surface area contributed by atoms with Gasteiger partial charge in [-0.25, -0.2) is 0 Å². The van der Waals surface area contributed by atoms with Gasteiger partial charge in [-0.3, -0.25) is 0 Å². The van der Waals surface area contributed by atoms with Crippen molar-refractivity contribution in [3.05, 3.63) is 0 Å². The van der Waals surface area contributed by atoms with Gasteiger partial charge in [0.25, 0.3) is 0 Å². The molecule has 0 bridgehead atoms. The minimum atomic E-state index is -1.29. The predicted molar refractivity (Wildman–Crippen MR) is 122 cm³/mol. The van der Waals surface area contributed by atoms with E-state index < -0.39 is 35.6 Å². The molecule has 188 valence electrons. The highest BCUT2D eigenvalue weighted by Gasteiger charge is 2.71. The second kappa shape index (κ2) is 7.39. The van der Waals surface area contributed by atoms with Gasteiger partial charge in [-0.05, 0) is 79.4 Å². The fourth-order valence-electron chi connectivity index (χ4n) is 10.4. The van der Waals surface area contributed by atoms with Gasteiger partial charge in [0.2, 0.25) is 0 Å². The second-order valence-electron chi connectivity index (χ2n) is 13.4. The topological polar surface area (TPSA) is 99.4 Å². The van der Waals surface area contributed by atoms with Gasteiger partial charge in [0.15, 0.2) is 5.79 Å². The molecule has 6 nitrogen and oxygen atoms in total. The lowest BCUT2D eigenvalue weighted by Crippen LogP contribution is -2.68. The largest absolute Gasteiger partial charge is 0.390 e. The summed E-state index contributed by atoms with van der Waals surface area (Å²) in [6, 6.07) is 0. The molecule has 2 saturated heterocycles. The number of aliphatic hydroxyl groups excluding tert-OH is 4. The zero-order valence-electron chi connectivity index (χ0n) is 20.7. The fourth-order valence-corrected chi connectivity index (χ4v) is 10.4. The highest BCUT2D eigenvalue weighted by Crippen LogP contribution is 2.71. The lowest BCUT2D eigenvalue weighted by atomic mass is 9.43. The molecule has 2 aliphatic heterocycles. The lowest BCUT2D eigenvalue weighted by molar-refractivity contribution is -0.276. The van der Waals surface area contributed by atoms with Crippen LogP contribution in [-0.4, -0.2) is 63.3 Å². The van der Waals surface area contributed by atoms with Crippen LogP contribution in [0.15, 0.2) is 0 Å². The summed E-state index contributed by atoms with van der Waals surface area (Å²) in [6.07, 6.45) is 2.83. The summed E-state index contributed by atoms with van der Waals surface area (Å²) in [7, 11) is 0. The summed E-state index contributed by atoms with van der Waals surface area (Å²) < 4.78 is 13.2. The van der Waals surface area contributed by atoms with E-state index in [1.54, 1.807) is 0 Å². The third-order valence-electron chi connectivity index (χ3n) is 12.2. The molecule has 6 rings (SSSR count).